The molecule has 0 aromatic heterocycles. The van der Waals surface area contributed by atoms with Gasteiger partial charge in [-0.3, -0.25) is 24.1 Å². The summed E-state index contributed by atoms with van der Waals surface area (Å²) in [7, 11) is 6.84. The average Bonchev–Trinajstić information content (AvgIpc) is 2.80. The van der Waals surface area contributed by atoms with Gasteiger partial charge in [0, 0.05) is 48.9 Å². The van der Waals surface area contributed by atoms with Crippen molar-refractivity contribution >= 4 is 40.5 Å². The van der Waals surface area contributed by atoms with Gasteiger partial charge in [0.05, 0.1) is 6.04 Å². The Hall–Kier alpha value is -3.70. The van der Waals surface area contributed by atoms with Crippen LogP contribution >= 0.6 is 0 Å². The number of carbonyl (C=O) groups excluding carboxylic acids is 4. The normalized spacial score (nSPS) is 28.9. The van der Waals surface area contributed by atoms with Crippen LogP contribution < -0.4 is 16.0 Å². The molecule has 0 saturated heterocycles. The first-order valence-electron chi connectivity index (χ1n) is 12.1. The van der Waals surface area contributed by atoms with Gasteiger partial charge in [-0.05, 0) is 56.5 Å². The Morgan fingerprint density at radius 2 is 1.78 bits per heavy atom. The van der Waals surface area contributed by atoms with E-state index in [1.807, 2.05) is 25.1 Å². The molecule has 0 radical (unpaired) electrons. The predicted molar refractivity (Wildman–Crippen MR) is 134 cm³/mol. The van der Waals surface area contributed by atoms with Crippen molar-refractivity contribution in [3.8, 4) is 0 Å². The number of anilines is 2. The molecule has 37 heavy (non-hydrogen) atoms. The minimum absolute atomic E-state index is 0.0662. The molecule has 1 aliphatic heterocycles. The van der Waals surface area contributed by atoms with E-state index < -0.39 is 52.3 Å². The quantitative estimate of drug-likeness (QED) is 0.356. The van der Waals surface area contributed by atoms with Crippen molar-refractivity contribution < 1.29 is 34.5 Å². The van der Waals surface area contributed by atoms with E-state index >= 15 is 0 Å². The van der Waals surface area contributed by atoms with E-state index in [1.54, 1.807) is 14.1 Å². The van der Waals surface area contributed by atoms with Crippen LogP contribution in [0.25, 0.3) is 5.76 Å². The Morgan fingerprint density at radius 1 is 1.11 bits per heavy atom. The number of nitrogens with zero attached hydrogens (tertiary/aromatic N) is 2. The molecule has 2 amide bonds. The van der Waals surface area contributed by atoms with Crippen molar-refractivity contribution in [3.63, 3.8) is 0 Å². The second-order valence-corrected chi connectivity index (χ2v) is 10.7. The maximum Gasteiger partial charge on any atom is 0.255 e. The van der Waals surface area contributed by atoms with Gasteiger partial charge in [0.2, 0.25) is 11.7 Å². The van der Waals surface area contributed by atoms with E-state index in [0.29, 0.717) is 29.7 Å². The van der Waals surface area contributed by atoms with Crippen molar-refractivity contribution in [1.29, 1.82) is 0 Å². The fraction of sp³-hybridized carbons (Fsp3) is 0.462. The van der Waals surface area contributed by atoms with Crippen LogP contribution in [0, 0.1) is 11.8 Å². The lowest BCUT2D eigenvalue weighted by Crippen LogP contribution is -2.65. The first-order valence-corrected chi connectivity index (χ1v) is 12.1. The van der Waals surface area contributed by atoms with Crippen LogP contribution in [0.3, 0.4) is 0 Å². The van der Waals surface area contributed by atoms with Crippen LogP contribution in [0.2, 0.25) is 0 Å². The monoisotopic (exact) mass is 510 g/mol. The highest BCUT2D eigenvalue weighted by Gasteiger charge is 2.64. The van der Waals surface area contributed by atoms with E-state index in [2.05, 4.69) is 5.32 Å². The highest BCUT2D eigenvalue weighted by Crippen LogP contribution is 2.53. The topological polar surface area (TPSA) is 174 Å². The van der Waals surface area contributed by atoms with E-state index in [-0.39, 0.29) is 30.1 Å². The number of fused-ring (bicyclic) bond motifs is 5. The van der Waals surface area contributed by atoms with Gasteiger partial charge >= 0.3 is 0 Å². The molecule has 3 aliphatic carbocycles. The number of aliphatic hydroxyl groups is 3. The van der Waals surface area contributed by atoms with Crippen molar-refractivity contribution in [1.82, 2.24) is 4.90 Å². The number of hydrogen-bond donors (Lipinski definition) is 5. The van der Waals surface area contributed by atoms with Gasteiger partial charge < -0.3 is 31.3 Å². The molecule has 5 rings (SSSR count). The summed E-state index contributed by atoms with van der Waals surface area (Å²) in [6.07, 6.45) is 0.995. The molecule has 0 spiro atoms. The average molecular weight is 511 g/mol. The molecular weight excluding hydrogens is 480 g/mol. The van der Waals surface area contributed by atoms with Gasteiger partial charge in [-0.1, -0.05) is 0 Å². The Labute approximate surface area is 213 Å². The zero-order valence-electron chi connectivity index (χ0n) is 21.1. The molecule has 11 nitrogen and oxygen atoms in total. The highest BCUT2D eigenvalue weighted by molar-refractivity contribution is 6.24. The fourth-order valence-electron chi connectivity index (χ4n) is 6.60. The Kier molecular flexibility index (Phi) is 5.50. The van der Waals surface area contributed by atoms with Crippen LogP contribution in [-0.4, -0.2) is 83.4 Å². The van der Waals surface area contributed by atoms with Crippen LogP contribution in [0.4, 0.5) is 11.4 Å². The SMILES string of the molecule is CN(C)c1cc2c(c3c1CC1C[C@H]4[C@H](N(C)C)C(=O)C(C(N)=O)=C(O)[C@@]4(O)C(=O)C1=C3O)CCC(=O)N2. The molecule has 1 aromatic carbocycles. The van der Waals surface area contributed by atoms with E-state index in [4.69, 9.17) is 5.73 Å². The summed E-state index contributed by atoms with van der Waals surface area (Å²) in [5.41, 5.74) is 5.10. The highest BCUT2D eigenvalue weighted by atomic mass is 16.3. The number of amides is 2. The molecule has 0 bridgehead atoms. The van der Waals surface area contributed by atoms with Crippen LogP contribution in [0.5, 0.6) is 0 Å². The molecule has 1 aromatic rings. The second kappa shape index (κ2) is 8.15. The Balaban J connectivity index is 1.77. The van der Waals surface area contributed by atoms with Crippen molar-refractivity contribution in [2.45, 2.75) is 37.3 Å². The number of primary amides is 1. The molecule has 6 N–H and O–H groups in total. The van der Waals surface area contributed by atoms with Crippen molar-refractivity contribution in [2.24, 2.45) is 17.6 Å². The number of nitrogens with two attached hydrogens (primary N) is 1. The lowest BCUT2D eigenvalue weighted by Gasteiger charge is -2.50. The van der Waals surface area contributed by atoms with Gasteiger partial charge in [0.15, 0.2) is 11.4 Å². The summed E-state index contributed by atoms with van der Waals surface area (Å²) in [4.78, 5) is 54.7. The van der Waals surface area contributed by atoms with Crippen LogP contribution in [0.1, 0.15) is 29.5 Å². The Morgan fingerprint density at radius 3 is 2.38 bits per heavy atom. The molecule has 1 heterocycles. The van der Waals surface area contributed by atoms with Crippen LogP contribution in [0.15, 0.2) is 23.0 Å². The maximum atomic E-state index is 14.0. The number of likely N-dealkylation sites (N-methyl/N-ethyl adjacent to an activating group) is 1. The third-order valence-electron chi connectivity index (χ3n) is 8.19. The van der Waals surface area contributed by atoms with Crippen molar-refractivity contribution in [3.05, 3.63) is 39.7 Å². The number of hydrogen-bond acceptors (Lipinski definition) is 9. The first kappa shape index (κ1) is 25.0. The molecule has 196 valence electrons. The zero-order chi connectivity index (χ0) is 27.1. The van der Waals surface area contributed by atoms with Gasteiger partial charge in [0.25, 0.3) is 5.91 Å². The first-order chi connectivity index (χ1) is 17.3. The third kappa shape index (κ3) is 3.27. The standard InChI is InChI=1S/C26H30N4O7/c1-29(2)15-9-14-11(5-6-16(31)28-14)18-12(15)7-10-8-13-20(30(3)4)22(33)19(25(27)36)24(35)26(13,37)23(34)17(10)21(18)32/h9-10,13,20,32,35,37H,5-8H2,1-4H3,(H2,27,36)(H,28,31)/t10?,13-,20-,26-/m0/s1. The van der Waals surface area contributed by atoms with Crippen LogP contribution in [-0.2, 0) is 32.0 Å². The molecule has 4 atom stereocenters. The summed E-state index contributed by atoms with van der Waals surface area (Å²) in [6.45, 7) is 0. The second-order valence-electron chi connectivity index (χ2n) is 10.7. The lowest BCUT2D eigenvalue weighted by atomic mass is 9.57. The van der Waals surface area contributed by atoms with E-state index in [9.17, 15) is 34.5 Å². The zero-order valence-corrected chi connectivity index (χ0v) is 21.1. The number of ketones is 2. The lowest BCUT2D eigenvalue weighted by molar-refractivity contribution is -0.153. The minimum Gasteiger partial charge on any atom is -0.508 e. The summed E-state index contributed by atoms with van der Waals surface area (Å²) >= 11 is 0. The minimum atomic E-state index is -2.61. The summed E-state index contributed by atoms with van der Waals surface area (Å²) < 4.78 is 0. The molecule has 11 heteroatoms. The van der Waals surface area contributed by atoms with Gasteiger partial charge in [0.1, 0.15) is 17.1 Å². The summed E-state index contributed by atoms with van der Waals surface area (Å²) in [5.74, 6) is -6.15. The largest absolute Gasteiger partial charge is 0.508 e. The van der Waals surface area contributed by atoms with E-state index in [0.717, 1.165) is 11.3 Å². The van der Waals surface area contributed by atoms with Gasteiger partial charge in [-0.25, -0.2) is 0 Å². The number of benzene rings is 1. The number of rotatable bonds is 3. The molecule has 4 aliphatic rings. The third-order valence-corrected chi connectivity index (χ3v) is 8.19. The van der Waals surface area contributed by atoms with Crippen molar-refractivity contribution in [2.75, 3.05) is 38.4 Å². The molecule has 1 fully saturated rings. The predicted octanol–water partition coefficient (Wildman–Crippen LogP) is 0.209. The molecule has 1 saturated carbocycles. The Bertz CT molecular complexity index is 1360. The number of Topliss-reactive ketones (excluding diaryl/α,β-unsaturated/α-hetero) is 2. The van der Waals surface area contributed by atoms with E-state index in [1.165, 1.54) is 4.90 Å². The summed E-state index contributed by atoms with van der Waals surface area (Å²) in [5, 5.41) is 37.1. The molecule has 1 unspecified atom stereocenters. The maximum absolute atomic E-state index is 14.0. The summed E-state index contributed by atoms with van der Waals surface area (Å²) in [6, 6.07) is 0.759. The molecular formula is C26H30N4O7. The number of carbonyl (C=O) groups is 4. The fourth-order valence-corrected chi connectivity index (χ4v) is 6.60. The number of aliphatic hydroxyl groups excluding tert-OH is 2. The van der Waals surface area contributed by atoms with Gasteiger partial charge in [-0.2, -0.15) is 0 Å². The number of nitrogens with one attached hydrogen (secondary N) is 1. The van der Waals surface area contributed by atoms with Gasteiger partial charge in [-0.15, -0.1) is 0 Å². The smallest absolute Gasteiger partial charge is 0.255 e.